The van der Waals surface area contributed by atoms with Gasteiger partial charge in [0.15, 0.2) is 0 Å². The van der Waals surface area contributed by atoms with Crippen LogP contribution < -0.4 is 5.01 Å². The summed E-state index contributed by atoms with van der Waals surface area (Å²) in [5, 5.41) is 5.31. The summed E-state index contributed by atoms with van der Waals surface area (Å²) < 4.78 is 37.0. The number of anilines is 1. The first-order chi connectivity index (χ1) is 11.6. The molecule has 2 amide bonds. The van der Waals surface area contributed by atoms with Gasteiger partial charge in [-0.1, -0.05) is 12.1 Å². The average molecular weight is 355 g/mol. The van der Waals surface area contributed by atoms with E-state index in [0.717, 1.165) is 16.0 Å². The summed E-state index contributed by atoms with van der Waals surface area (Å²) in [5.41, 5.74) is 2.42. The molecule has 0 saturated heterocycles. The minimum atomic E-state index is -4.33. The van der Waals surface area contributed by atoms with Gasteiger partial charge >= 0.3 is 6.18 Å². The van der Waals surface area contributed by atoms with Crippen LogP contribution in [0, 0.1) is 13.8 Å². The van der Waals surface area contributed by atoms with Gasteiger partial charge in [0.05, 0.1) is 12.1 Å². The van der Waals surface area contributed by atoms with Gasteiger partial charge in [0.1, 0.15) is 5.71 Å². The zero-order valence-corrected chi connectivity index (χ0v) is 14.4. The molecule has 8 heteroatoms. The number of alkyl halides is 3. The lowest BCUT2D eigenvalue weighted by atomic mass is 10.1. The molecule has 1 aromatic rings. The molecule has 5 nitrogen and oxygen atoms in total. The maximum Gasteiger partial charge on any atom is 0.390 e. The summed E-state index contributed by atoms with van der Waals surface area (Å²) >= 11 is 0. The molecule has 0 saturated carbocycles. The number of benzene rings is 1. The van der Waals surface area contributed by atoms with Gasteiger partial charge in [0.2, 0.25) is 5.91 Å². The number of nitrogens with zero attached hydrogens (tertiary/aromatic N) is 3. The lowest BCUT2D eigenvalue weighted by Gasteiger charge is -2.26. The summed E-state index contributed by atoms with van der Waals surface area (Å²) in [6.45, 7) is 3.25. The summed E-state index contributed by atoms with van der Waals surface area (Å²) in [6, 6.07) is 5.53. The van der Waals surface area contributed by atoms with E-state index in [4.69, 9.17) is 0 Å². The van der Waals surface area contributed by atoms with Crippen molar-refractivity contribution in [3.8, 4) is 0 Å². The van der Waals surface area contributed by atoms with E-state index in [-0.39, 0.29) is 24.5 Å². The third-order valence-corrected chi connectivity index (χ3v) is 3.95. The Kier molecular flexibility index (Phi) is 5.49. The Hall–Kier alpha value is -2.38. The fourth-order valence-corrected chi connectivity index (χ4v) is 2.46. The van der Waals surface area contributed by atoms with Crippen LogP contribution in [0.5, 0.6) is 0 Å². The summed E-state index contributed by atoms with van der Waals surface area (Å²) in [6.07, 6.45) is -5.20. The van der Waals surface area contributed by atoms with Gasteiger partial charge in [-0.3, -0.25) is 9.59 Å². The molecule has 0 spiro atoms. The zero-order valence-electron chi connectivity index (χ0n) is 14.4. The first-order valence-corrected chi connectivity index (χ1v) is 7.88. The molecule has 0 aliphatic carbocycles. The number of carbonyl (C=O) groups excluding carboxylic acids is 2. The Bertz CT molecular complexity index is 714. The van der Waals surface area contributed by atoms with E-state index in [1.807, 2.05) is 26.0 Å². The first kappa shape index (κ1) is 19.0. The van der Waals surface area contributed by atoms with Gasteiger partial charge in [-0.15, -0.1) is 0 Å². The van der Waals surface area contributed by atoms with Crippen LogP contribution in [0.3, 0.4) is 0 Å². The topological polar surface area (TPSA) is 53.0 Å². The molecule has 1 aliphatic rings. The van der Waals surface area contributed by atoms with E-state index in [1.165, 1.54) is 12.1 Å². The number of hydrogen-bond donors (Lipinski definition) is 0. The van der Waals surface area contributed by atoms with Crippen LogP contribution in [0.25, 0.3) is 0 Å². The minimum Gasteiger partial charge on any atom is -0.340 e. The standard InChI is InChI=1S/C17H20F3N3O2/c1-11-4-5-12(2)14(10-11)23-15(24)7-6-13(21-23)16(25)22(3)9-8-17(18,19)20/h4-5,10H,6-9H2,1-3H3. The third kappa shape index (κ3) is 4.80. The van der Waals surface area contributed by atoms with Crippen LogP contribution in [0.15, 0.2) is 23.3 Å². The molecular formula is C17H20F3N3O2. The number of hydrazone groups is 1. The molecular weight excluding hydrogens is 335 g/mol. The predicted molar refractivity (Wildman–Crippen MR) is 88.4 cm³/mol. The molecule has 0 unspecified atom stereocenters. The second-order valence-corrected chi connectivity index (χ2v) is 6.13. The SMILES string of the molecule is Cc1ccc(C)c(N2N=C(C(=O)N(C)CCC(F)(F)F)CCC2=O)c1. The number of rotatable bonds is 4. The highest BCUT2D eigenvalue weighted by Gasteiger charge is 2.31. The molecule has 0 bridgehead atoms. The van der Waals surface area contributed by atoms with Crippen molar-refractivity contribution in [2.45, 2.75) is 39.3 Å². The molecule has 1 aromatic carbocycles. The molecule has 0 aromatic heterocycles. The molecule has 0 fully saturated rings. The number of halogens is 3. The Balaban J connectivity index is 2.22. The fraction of sp³-hybridized carbons (Fsp3) is 0.471. The number of amides is 2. The number of carbonyl (C=O) groups is 2. The second kappa shape index (κ2) is 7.25. The fourth-order valence-electron chi connectivity index (χ4n) is 2.46. The smallest absolute Gasteiger partial charge is 0.340 e. The molecule has 2 rings (SSSR count). The van der Waals surface area contributed by atoms with E-state index in [2.05, 4.69) is 5.10 Å². The van der Waals surface area contributed by atoms with E-state index in [0.29, 0.717) is 5.69 Å². The van der Waals surface area contributed by atoms with E-state index in [1.54, 1.807) is 6.07 Å². The normalized spacial score (nSPS) is 15.2. The summed E-state index contributed by atoms with van der Waals surface area (Å²) in [4.78, 5) is 25.5. The largest absolute Gasteiger partial charge is 0.390 e. The van der Waals surface area contributed by atoms with Crippen LogP contribution in [0.4, 0.5) is 18.9 Å². The molecule has 1 aliphatic heterocycles. The predicted octanol–water partition coefficient (Wildman–Crippen LogP) is 3.20. The molecule has 0 radical (unpaired) electrons. The lowest BCUT2D eigenvalue weighted by molar-refractivity contribution is -0.141. The highest BCUT2D eigenvalue weighted by atomic mass is 19.4. The second-order valence-electron chi connectivity index (χ2n) is 6.13. The maximum atomic E-state index is 12.3. The van der Waals surface area contributed by atoms with Gasteiger partial charge < -0.3 is 4.90 Å². The molecule has 0 atom stereocenters. The average Bonchev–Trinajstić information content (AvgIpc) is 2.54. The van der Waals surface area contributed by atoms with Crippen LogP contribution in [-0.4, -0.2) is 42.2 Å². The zero-order chi connectivity index (χ0) is 18.8. The number of hydrogen-bond acceptors (Lipinski definition) is 3. The van der Waals surface area contributed by atoms with Gasteiger partial charge in [-0.25, -0.2) is 5.01 Å². The maximum absolute atomic E-state index is 12.3. The van der Waals surface area contributed by atoms with Gasteiger partial charge in [-0.2, -0.15) is 18.3 Å². The van der Waals surface area contributed by atoms with Gasteiger partial charge in [0.25, 0.3) is 5.91 Å². The highest BCUT2D eigenvalue weighted by molar-refractivity contribution is 6.40. The van der Waals surface area contributed by atoms with Crippen LogP contribution in [-0.2, 0) is 9.59 Å². The number of aryl methyl sites for hydroxylation is 2. The third-order valence-electron chi connectivity index (χ3n) is 3.95. The Morgan fingerprint density at radius 1 is 1.28 bits per heavy atom. The minimum absolute atomic E-state index is 0.0881. The van der Waals surface area contributed by atoms with Crippen molar-refractivity contribution < 1.29 is 22.8 Å². The van der Waals surface area contributed by atoms with Crippen molar-refractivity contribution in [1.82, 2.24) is 4.90 Å². The van der Waals surface area contributed by atoms with Crippen molar-refractivity contribution in [1.29, 1.82) is 0 Å². The van der Waals surface area contributed by atoms with Crippen molar-refractivity contribution in [2.75, 3.05) is 18.6 Å². The Labute approximate surface area is 144 Å². The van der Waals surface area contributed by atoms with Crippen molar-refractivity contribution in [3.63, 3.8) is 0 Å². The van der Waals surface area contributed by atoms with Crippen LogP contribution >= 0.6 is 0 Å². The van der Waals surface area contributed by atoms with E-state index < -0.39 is 25.0 Å². The molecule has 0 N–H and O–H groups in total. The van der Waals surface area contributed by atoms with Gasteiger partial charge in [0, 0.05) is 26.4 Å². The molecule has 136 valence electrons. The Morgan fingerprint density at radius 3 is 2.60 bits per heavy atom. The van der Waals surface area contributed by atoms with Gasteiger partial charge in [-0.05, 0) is 31.0 Å². The van der Waals surface area contributed by atoms with E-state index in [9.17, 15) is 22.8 Å². The quantitative estimate of drug-likeness (QED) is 0.833. The van der Waals surface area contributed by atoms with Crippen molar-refractivity contribution in [3.05, 3.63) is 29.3 Å². The Morgan fingerprint density at radius 2 is 1.96 bits per heavy atom. The molecule has 1 heterocycles. The summed E-state index contributed by atoms with van der Waals surface area (Å²) in [7, 11) is 1.30. The lowest BCUT2D eigenvalue weighted by Crippen LogP contribution is -2.41. The first-order valence-electron chi connectivity index (χ1n) is 7.88. The van der Waals surface area contributed by atoms with Crippen molar-refractivity contribution >= 4 is 23.2 Å². The monoisotopic (exact) mass is 355 g/mol. The van der Waals surface area contributed by atoms with E-state index >= 15 is 0 Å². The molecule has 25 heavy (non-hydrogen) atoms. The van der Waals surface area contributed by atoms with Crippen LogP contribution in [0.2, 0.25) is 0 Å². The summed E-state index contributed by atoms with van der Waals surface area (Å²) in [5.74, 6) is -0.838. The van der Waals surface area contributed by atoms with Crippen molar-refractivity contribution in [2.24, 2.45) is 5.10 Å². The van der Waals surface area contributed by atoms with Crippen LogP contribution in [0.1, 0.15) is 30.4 Å². The highest BCUT2D eigenvalue weighted by Crippen LogP contribution is 2.26.